The largest absolute Gasteiger partial charge is 0.504 e. The average Bonchev–Trinajstić information content (AvgIpc) is 2.91. The maximum atomic E-state index is 13.7. The molecule has 0 radical (unpaired) electrons. The first-order chi connectivity index (χ1) is 18.3. The lowest BCUT2D eigenvalue weighted by molar-refractivity contribution is -0.186. The lowest BCUT2D eigenvalue weighted by Crippen LogP contribution is -2.62. The third-order valence-corrected chi connectivity index (χ3v) is 12.9. The standard InChI is InChI=1S/C34H47NO4/c1-21-23-9-10-26-32(4,24(23)18-25(36)28(21)37)14-16-34(6)27-19-31(3,29(38)39-22-8-7-17-35-20-22)12-11-30(27,2)13-15-33(26,34)5/h9-10,18,22,27,35,37H,7-8,11-17,19-20H2,1-6H3/t22?,27-,30-,31-,32+,33-,34+/m1/s1. The molecule has 212 valence electrons. The fourth-order valence-corrected chi connectivity index (χ4v) is 9.86. The molecule has 0 bridgehead atoms. The Bertz CT molecular complexity index is 1250. The number of ketones is 1. The summed E-state index contributed by atoms with van der Waals surface area (Å²) in [6, 6.07) is 0. The van der Waals surface area contributed by atoms with Crippen LogP contribution in [0.1, 0.15) is 99.3 Å². The van der Waals surface area contributed by atoms with Crippen LogP contribution in [0.3, 0.4) is 0 Å². The van der Waals surface area contributed by atoms with Gasteiger partial charge in [0.05, 0.1) is 5.41 Å². The van der Waals surface area contributed by atoms with Crippen LogP contribution in [0.4, 0.5) is 0 Å². The number of aliphatic hydroxyl groups is 1. The molecule has 39 heavy (non-hydrogen) atoms. The minimum atomic E-state index is -0.449. The SMILES string of the molecule is CC1=C(O)C(=O)C=C2C1=CC=C1[C@@]2(C)CC[C@@]2(C)[C@@H]3C[C@](C)(C(=O)OC4CCCNC4)CC[C@]3(C)CC[C@]12C. The van der Waals surface area contributed by atoms with Gasteiger partial charge in [0.2, 0.25) is 5.78 Å². The van der Waals surface area contributed by atoms with Crippen molar-refractivity contribution in [3.63, 3.8) is 0 Å². The van der Waals surface area contributed by atoms with E-state index in [9.17, 15) is 14.7 Å². The van der Waals surface area contributed by atoms with E-state index in [1.807, 2.05) is 6.92 Å². The number of esters is 1. The number of hydrogen-bond acceptors (Lipinski definition) is 5. The summed E-state index contributed by atoms with van der Waals surface area (Å²) < 4.78 is 6.15. The van der Waals surface area contributed by atoms with Crippen molar-refractivity contribution in [3.05, 3.63) is 46.3 Å². The van der Waals surface area contributed by atoms with Crippen LogP contribution in [0.25, 0.3) is 0 Å². The highest BCUT2D eigenvalue weighted by molar-refractivity contribution is 6.06. The molecule has 2 N–H and O–H groups in total. The molecule has 5 aliphatic carbocycles. The Morgan fingerprint density at radius 3 is 2.49 bits per heavy atom. The number of hydrogen-bond donors (Lipinski definition) is 2. The molecule has 1 unspecified atom stereocenters. The summed E-state index contributed by atoms with van der Waals surface area (Å²) in [4.78, 5) is 26.4. The molecule has 0 spiro atoms. The van der Waals surface area contributed by atoms with Gasteiger partial charge >= 0.3 is 5.97 Å². The molecule has 5 nitrogen and oxygen atoms in total. The summed E-state index contributed by atoms with van der Waals surface area (Å²) in [5.41, 5.74) is 3.76. The van der Waals surface area contributed by atoms with Gasteiger partial charge in [0.15, 0.2) is 5.76 Å². The van der Waals surface area contributed by atoms with Gasteiger partial charge < -0.3 is 15.2 Å². The number of fused-ring (bicyclic) bond motifs is 7. The Kier molecular flexibility index (Phi) is 6.02. The predicted molar refractivity (Wildman–Crippen MR) is 153 cm³/mol. The van der Waals surface area contributed by atoms with Crippen molar-refractivity contribution in [2.45, 2.75) is 105 Å². The zero-order valence-corrected chi connectivity index (χ0v) is 24.8. The Morgan fingerprint density at radius 1 is 1.03 bits per heavy atom. The van der Waals surface area contributed by atoms with Crippen LogP contribution in [-0.2, 0) is 14.3 Å². The van der Waals surface area contributed by atoms with Crippen molar-refractivity contribution in [2.24, 2.45) is 33.0 Å². The topological polar surface area (TPSA) is 75.6 Å². The molecule has 4 fully saturated rings. The van der Waals surface area contributed by atoms with Crippen molar-refractivity contribution in [1.82, 2.24) is 5.32 Å². The van der Waals surface area contributed by atoms with Gasteiger partial charge in [-0.3, -0.25) is 9.59 Å². The lowest BCUT2D eigenvalue weighted by Gasteiger charge is -2.70. The molecule has 0 aromatic rings. The first kappa shape index (κ1) is 27.1. The van der Waals surface area contributed by atoms with E-state index < -0.39 is 5.41 Å². The van der Waals surface area contributed by atoms with Gasteiger partial charge in [0, 0.05) is 17.5 Å². The molecule has 7 atom stereocenters. The van der Waals surface area contributed by atoms with Gasteiger partial charge in [-0.15, -0.1) is 0 Å². The highest BCUT2D eigenvalue weighted by atomic mass is 16.5. The van der Waals surface area contributed by atoms with Crippen LogP contribution >= 0.6 is 0 Å². The number of nitrogens with one attached hydrogen (secondary N) is 1. The van der Waals surface area contributed by atoms with Crippen molar-refractivity contribution >= 4 is 11.8 Å². The van der Waals surface area contributed by atoms with Gasteiger partial charge in [0.25, 0.3) is 0 Å². The van der Waals surface area contributed by atoms with Crippen LogP contribution in [0.5, 0.6) is 0 Å². The normalized spacial score (nSPS) is 45.6. The van der Waals surface area contributed by atoms with Crippen molar-refractivity contribution < 1.29 is 19.4 Å². The smallest absolute Gasteiger partial charge is 0.312 e. The van der Waals surface area contributed by atoms with E-state index >= 15 is 0 Å². The summed E-state index contributed by atoms with van der Waals surface area (Å²) in [7, 11) is 0. The van der Waals surface area contributed by atoms with E-state index in [0.717, 1.165) is 82.0 Å². The second-order valence-electron chi connectivity index (χ2n) is 15.0. The molecule has 0 aromatic carbocycles. The van der Waals surface area contributed by atoms with Crippen LogP contribution in [0.15, 0.2) is 46.3 Å². The fourth-order valence-electron chi connectivity index (χ4n) is 9.86. The van der Waals surface area contributed by atoms with E-state index in [4.69, 9.17) is 4.74 Å². The highest BCUT2D eigenvalue weighted by Gasteiger charge is 2.67. The molecular weight excluding hydrogens is 486 g/mol. The van der Waals surface area contributed by atoms with Crippen LogP contribution in [-0.4, -0.2) is 36.1 Å². The maximum absolute atomic E-state index is 13.7. The Labute approximate surface area is 234 Å². The zero-order valence-electron chi connectivity index (χ0n) is 24.8. The second kappa shape index (κ2) is 8.68. The monoisotopic (exact) mass is 533 g/mol. The summed E-state index contributed by atoms with van der Waals surface area (Å²) >= 11 is 0. The minimum Gasteiger partial charge on any atom is -0.504 e. The molecular formula is C34H47NO4. The van der Waals surface area contributed by atoms with E-state index in [1.54, 1.807) is 6.08 Å². The number of piperidine rings is 1. The molecule has 5 heteroatoms. The molecule has 3 saturated carbocycles. The van der Waals surface area contributed by atoms with Gasteiger partial charge in [-0.25, -0.2) is 0 Å². The van der Waals surface area contributed by atoms with Gasteiger partial charge in [0.1, 0.15) is 6.10 Å². The summed E-state index contributed by atoms with van der Waals surface area (Å²) in [5.74, 6) is 0.0323. The van der Waals surface area contributed by atoms with Crippen molar-refractivity contribution in [2.75, 3.05) is 13.1 Å². The number of ether oxygens (including phenoxy) is 1. The van der Waals surface area contributed by atoms with Gasteiger partial charge in [-0.05, 0) is 118 Å². The quantitative estimate of drug-likeness (QED) is 0.377. The number of aliphatic hydroxyl groups excluding tert-OH is 1. The summed E-state index contributed by atoms with van der Waals surface area (Å²) in [6.45, 7) is 15.6. The Morgan fingerprint density at radius 2 is 1.77 bits per heavy atom. The third-order valence-electron chi connectivity index (χ3n) is 12.9. The Hall–Kier alpha value is -2.14. The lowest BCUT2D eigenvalue weighted by atomic mass is 9.34. The average molecular weight is 534 g/mol. The molecule has 1 aliphatic heterocycles. The summed E-state index contributed by atoms with van der Waals surface area (Å²) in [6.07, 6.45) is 15.4. The van der Waals surface area contributed by atoms with Crippen LogP contribution < -0.4 is 5.32 Å². The molecule has 0 aromatic heterocycles. The first-order valence-electron chi connectivity index (χ1n) is 15.3. The van der Waals surface area contributed by atoms with Crippen molar-refractivity contribution in [1.29, 1.82) is 0 Å². The van der Waals surface area contributed by atoms with Crippen molar-refractivity contribution in [3.8, 4) is 0 Å². The van der Waals surface area contributed by atoms with Gasteiger partial charge in [-0.2, -0.15) is 0 Å². The Balaban J connectivity index is 1.36. The third kappa shape index (κ3) is 3.67. The predicted octanol–water partition coefficient (Wildman–Crippen LogP) is 6.91. The molecule has 6 aliphatic rings. The maximum Gasteiger partial charge on any atom is 0.312 e. The number of rotatable bonds is 2. The number of carbonyl (C=O) groups is 2. The molecule has 6 rings (SSSR count). The first-order valence-corrected chi connectivity index (χ1v) is 15.3. The van der Waals surface area contributed by atoms with E-state index in [1.165, 1.54) is 5.57 Å². The zero-order chi connectivity index (χ0) is 28.0. The number of carbonyl (C=O) groups excluding carboxylic acids is 2. The van der Waals surface area contributed by atoms with Crippen LogP contribution in [0, 0.1) is 33.0 Å². The minimum absolute atomic E-state index is 0.00391. The van der Waals surface area contributed by atoms with E-state index in [0.29, 0.717) is 11.5 Å². The summed E-state index contributed by atoms with van der Waals surface area (Å²) in [5, 5.41) is 13.8. The molecule has 1 saturated heterocycles. The molecule has 0 amide bonds. The van der Waals surface area contributed by atoms with E-state index in [-0.39, 0.29) is 45.3 Å². The highest BCUT2D eigenvalue weighted by Crippen LogP contribution is 2.75. The fraction of sp³-hybridized carbons (Fsp3) is 0.706. The molecule has 1 heterocycles. The van der Waals surface area contributed by atoms with Gasteiger partial charge in [-0.1, -0.05) is 45.4 Å². The number of allylic oxidation sites excluding steroid dienone is 7. The second-order valence-corrected chi connectivity index (χ2v) is 15.0. The van der Waals surface area contributed by atoms with E-state index in [2.05, 4.69) is 52.1 Å². The van der Waals surface area contributed by atoms with Crippen LogP contribution in [0.2, 0.25) is 0 Å².